The van der Waals surface area contributed by atoms with Gasteiger partial charge in [-0.2, -0.15) is 18.4 Å². The highest BCUT2D eigenvalue weighted by Crippen LogP contribution is 2.35. The fourth-order valence-electron chi connectivity index (χ4n) is 2.50. The van der Waals surface area contributed by atoms with E-state index in [1.165, 1.54) is 25.1 Å². The molecule has 1 atom stereocenters. The number of nitrogens with zero attached hydrogens (tertiary/aromatic N) is 2. The smallest absolute Gasteiger partial charge is 0.387 e. The first kappa shape index (κ1) is 19.2. The van der Waals surface area contributed by atoms with E-state index in [2.05, 4.69) is 5.32 Å². The summed E-state index contributed by atoms with van der Waals surface area (Å²) in [5.41, 5.74) is -1.13. The van der Waals surface area contributed by atoms with E-state index >= 15 is 0 Å². The first-order chi connectivity index (χ1) is 12.1. The first-order valence-electron chi connectivity index (χ1n) is 7.42. The number of alkyl halides is 3. The molecule has 0 aliphatic carbocycles. The number of nitrogens with one attached hydrogen (secondary N) is 1. The zero-order valence-electron chi connectivity index (χ0n) is 13.5. The summed E-state index contributed by atoms with van der Waals surface area (Å²) in [6.07, 6.45) is -6.12. The molecular weight excluding hydrogens is 351 g/mol. The SMILES string of the molecule is Cc1c(NC[C@@H](O)c2ccccc2C(F)(F)F)cc(C#N)cc1[N+](=O)[O-]. The molecule has 6 nitrogen and oxygen atoms in total. The zero-order chi connectivity index (χ0) is 19.5. The lowest BCUT2D eigenvalue weighted by molar-refractivity contribution is -0.385. The lowest BCUT2D eigenvalue weighted by atomic mass is 10.0. The lowest BCUT2D eigenvalue weighted by Crippen LogP contribution is -2.18. The molecule has 0 saturated carbocycles. The summed E-state index contributed by atoms with van der Waals surface area (Å²) in [5.74, 6) is 0. The highest BCUT2D eigenvalue weighted by molar-refractivity contribution is 5.64. The van der Waals surface area contributed by atoms with Crippen molar-refractivity contribution in [2.45, 2.75) is 19.2 Å². The van der Waals surface area contributed by atoms with Crippen LogP contribution >= 0.6 is 0 Å². The number of nitro benzene ring substituents is 1. The first-order valence-corrected chi connectivity index (χ1v) is 7.42. The van der Waals surface area contributed by atoms with Crippen LogP contribution in [0.3, 0.4) is 0 Å². The molecule has 0 aliphatic heterocycles. The van der Waals surface area contributed by atoms with Gasteiger partial charge in [-0.15, -0.1) is 0 Å². The molecule has 2 aromatic carbocycles. The fraction of sp³-hybridized carbons (Fsp3) is 0.235. The summed E-state index contributed by atoms with van der Waals surface area (Å²) < 4.78 is 39.1. The number of halogens is 3. The van der Waals surface area contributed by atoms with Gasteiger partial charge in [-0.1, -0.05) is 18.2 Å². The van der Waals surface area contributed by atoms with Crippen LogP contribution < -0.4 is 5.32 Å². The number of benzene rings is 2. The summed E-state index contributed by atoms with van der Waals surface area (Å²) in [6, 6.07) is 8.85. The topological polar surface area (TPSA) is 99.2 Å². The van der Waals surface area contributed by atoms with Gasteiger partial charge in [0.1, 0.15) is 0 Å². The fourth-order valence-corrected chi connectivity index (χ4v) is 2.50. The van der Waals surface area contributed by atoms with Gasteiger partial charge in [0.25, 0.3) is 5.69 Å². The van der Waals surface area contributed by atoms with Gasteiger partial charge in [0.2, 0.25) is 0 Å². The van der Waals surface area contributed by atoms with Crippen LogP contribution in [0.2, 0.25) is 0 Å². The van der Waals surface area contributed by atoms with Crippen LogP contribution in [0.25, 0.3) is 0 Å². The lowest BCUT2D eigenvalue weighted by Gasteiger charge is -2.19. The summed E-state index contributed by atoms with van der Waals surface area (Å²) in [5, 5.41) is 32.9. The van der Waals surface area contributed by atoms with Crippen molar-refractivity contribution in [3.63, 3.8) is 0 Å². The molecule has 0 saturated heterocycles. The van der Waals surface area contributed by atoms with Gasteiger partial charge in [-0.25, -0.2) is 0 Å². The maximum absolute atomic E-state index is 13.0. The summed E-state index contributed by atoms with van der Waals surface area (Å²) >= 11 is 0. The quantitative estimate of drug-likeness (QED) is 0.618. The van der Waals surface area contributed by atoms with E-state index in [-0.39, 0.29) is 34.6 Å². The van der Waals surface area contributed by atoms with Gasteiger partial charge in [-0.05, 0) is 24.6 Å². The molecule has 2 rings (SSSR count). The van der Waals surface area contributed by atoms with Crippen molar-refractivity contribution in [1.29, 1.82) is 5.26 Å². The van der Waals surface area contributed by atoms with E-state index in [0.29, 0.717) is 0 Å². The van der Waals surface area contributed by atoms with Crippen molar-refractivity contribution in [3.05, 3.63) is 68.8 Å². The minimum atomic E-state index is -4.62. The second-order valence-electron chi connectivity index (χ2n) is 5.52. The number of anilines is 1. The number of aliphatic hydroxyl groups is 1. The molecule has 0 fully saturated rings. The molecule has 2 N–H and O–H groups in total. The Labute approximate surface area is 146 Å². The Hall–Kier alpha value is -3.12. The number of rotatable bonds is 5. The van der Waals surface area contributed by atoms with E-state index in [9.17, 15) is 28.4 Å². The van der Waals surface area contributed by atoms with Crippen LogP contribution in [0.1, 0.15) is 28.4 Å². The molecule has 9 heteroatoms. The van der Waals surface area contributed by atoms with E-state index in [4.69, 9.17) is 5.26 Å². The predicted molar refractivity (Wildman–Crippen MR) is 87.4 cm³/mol. The predicted octanol–water partition coefficient (Wildman–Crippen LogP) is 3.94. The molecule has 0 aliphatic rings. The number of hydrogen-bond acceptors (Lipinski definition) is 5. The number of aliphatic hydroxyl groups excluding tert-OH is 1. The third kappa shape index (κ3) is 4.10. The Bertz CT molecular complexity index is 876. The minimum Gasteiger partial charge on any atom is -0.387 e. The standard InChI is InChI=1S/C17H14F3N3O3/c1-10-14(6-11(8-21)7-15(10)23(25)26)22-9-16(24)12-4-2-3-5-13(12)17(18,19)20/h2-7,16,22,24H,9H2,1H3/t16-/m1/s1. The second-order valence-corrected chi connectivity index (χ2v) is 5.52. The van der Waals surface area contributed by atoms with Crippen molar-refractivity contribution in [1.82, 2.24) is 0 Å². The minimum absolute atomic E-state index is 0.0231. The van der Waals surface area contributed by atoms with Crippen LogP contribution in [0.5, 0.6) is 0 Å². The monoisotopic (exact) mass is 365 g/mol. The molecule has 0 amide bonds. The maximum Gasteiger partial charge on any atom is 0.416 e. The molecule has 2 aromatic rings. The molecule has 0 aromatic heterocycles. The van der Waals surface area contributed by atoms with E-state index in [1.54, 1.807) is 6.07 Å². The number of nitro groups is 1. The van der Waals surface area contributed by atoms with Gasteiger partial charge in [0.15, 0.2) is 0 Å². The van der Waals surface area contributed by atoms with E-state index < -0.39 is 22.8 Å². The highest BCUT2D eigenvalue weighted by atomic mass is 19.4. The van der Waals surface area contributed by atoms with Crippen molar-refractivity contribution in [3.8, 4) is 6.07 Å². The van der Waals surface area contributed by atoms with Crippen molar-refractivity contribution >= 4 is 11.4 Å². The van der Waals surface area contributed by atoms with Crippen molar-refractivity contribution < 1.29 is 23.2 Å². The van der Waals surface area contributed by atoms with Gasteiger partial charge in [-0.3, -0.25) is 10.1 Å². The summed E-state index contributed by atoms with van der Waals surface area (Å²) in [7, 11) is 0. The van der Waals surface area contributed by atoms with Crippen LogP contribution in [-0.4, -0.2) is 16.6 Å². The average Bonchev–Trinajstić information content (AvgIpc) is 2.59. The van der Waals surface area contributed by atoms with E-state index in [0.717, 1.165) is 18.2 Å². The maximum atomic E-state index is 13.0. The van der Waals surface area contributed by atoms with Crippen molar-refractivity contribution in [2.75, 3.05) is 11.9 Å². The van der Waals surface area contributed by atoms with Gasteiger partial charge >= 0.3 is 6.18 Å². The molecule has 0 bridgehead atoms. The third-order valence-electron chi connectivity index (χ3n) is 3.82. The van der Waals surface area contributed by atoms with Gasteiger partial charge < -0.3 is 10.4 Å². The molecule has 136 valence electrons. The van der Waals surface area contributed by atoms with Crippen LogP contribution in [-0.2, 0) is 6.18 Å². The Kier molecular flexibility index (Phi) is 5.47. The number of hydrogen-bond donors (Lipinski definition) is 2. The molecule has 0 heterocycles. The molecular formula is C17H14F3N3O3. The Morgan fingerprint density at radius 2 is 2.00 bits per heavy atom. The molecule has 0 unspecified atom stereocenters. The second kappa shape index (κ2) is 7.41. The molecule has 0 spiro atoms. The summed E-state index contributed by atoms with van der Waals surface area (Å²) in [4.78, 5) is 10.4. The van der Waals surface area contributed by atoms with Crippen LogP contribution in [0.15, 0.2) is 36.4 Å². The van der Waals surface area contributed by atoms with Crippen LogP contribution in [0, 0.1) is 28.4 Å². The van der Waals surface area contributed by atoms with Gasteiger partial charge in [0, 0.05) is 23.9 Å². The van der Waals surface area contributed by atoms with E-state index in [1.807, 2.05) is 0 Å². The van der Waals surface area contributed by atoms with Crippen molar-refractivity contribution in [2.24, 2.45) is 0 Å². The Balaban J connectivity index is 2.29. The number of nitriles is 1. The zero-order valence-corrected chi connectivity index (χ0v) is 13.5. The molecule has 0 radical (unpaired) electrons. The summed E-state index contributed by atoms with van der Waals surface area (Å²) in [6.45, 7) is 1.12. The normalized spacial score (nSPS) is 12.3. The Morgan fingerprint density at radius 3 is 2.58 bits per heavy atom. The Morgan fingerprint density at radius 1 is 1.35 bits per heavy atom. The van der Waals surface area contributed by atoms with Gasteiger partial charge in [0.05, 0.1) is 28.2 Å². The average molecular weight is 365 g/mol. The largest absolute Gasteiger partial charge is 0.416 e. The van der Waals surface area contributed by atoms with Crippen LogP contribution in [0.4, 0.5) is 24.5 Å². The highest BCUT2D eigenvalue weighted by Gasteiger charge is 2.34. The third-order valence-corrected chi connectivity index (χ3v) is 3.82. The molecule has 26 heavy (non-hydrogen) atoms.